The normalized spacial score (nSPS) is 11.4. The molecular weight excluding hydrogens is 344 g/mol. The maximum atomic E-state index is 10.6. The van der Waals surface area contributed by atoms with Gasteiger partial charge in [0.05, 0.1) is 21.2 Å². The number of aromatic nitrogens is 4. The van der Waals surface area contributed by atoms with E-state index in [1.165, 1.54) is 11.3 Å². The summed E-state index contributed by atoms with van der Waals surface area (Å²) in [6.45, 7) is 3.66. The molecule has 9 nitrogen and oxygen atoms in total. The Morgan fingerprint density at radius 3 is 2.72 bits per heavy atom. The highest BCUT2D eigenvalue weighted by atomic mass is 32.1. The van der Waals surface area contributed by atoms with Gasteiger partial charge in [-0.2, -0.15) is 9.97 Å². The first-order valence-electron chi connectivity index (χ1n) is 7.11. The number of rotatable bonds is 5. The minimum atomic E-state index is -0.584. The molecule has 3 heterocycles. The van der Waals surface area contributed by atoms with E-state index in [0.29, 0.717) is 5.71 Å². The third-order valence-corrected chi connectivity index (χ3v) is 4.44. The van der Waals surface area contributed by atoms with Gasteiger partial charge in [0, 0.05) is 18.0 Å². The maximum Gasteiger partial charge on any atom is 0.346 e. The van der Waals surface area contributed by atoms with Crippen molar-refractivity contribution in [1.82, 2.24) is 19.9 Å². The van der Waals surface area contributed by atoms with Crippen LogP contribution in [0.3, 0.4) is 0 Å². The Labute approximate surface area is 146 Å². The van der Waals surface area contributed by atoms with Gasteiger partial charge in [-0.1, -0.05) is 5.16 Å². The van der Waals surface area contributed by atoms with Crippen LogP contribution >= 0.6 is 11.3 Å². The van der Waals surface area contributed by atoms with E-state index in [-0.39, 0.29) is 11.7 Å². The number of nitrogens with zero attached hydrogens (tertiary/aromatic N) is 6. The van der Waals surface area contributed by atoms with Crippen molar-refractivity contribution in [3.8, 4) is 16.6 Å². The number of hydrogen-bond acceptors (Lipinski definition) is 9. The molecule has 0 amide bonds. The number of nitro groups is 1. The van der Waals surface area contributed by atoms with Crippen LogP contribution < -0.4 is 4.84 Å². The molecule has 0 aromatic carbocycles. The van der Waals surface area contributed by atoms with Gasteiger partial charge in [-0.15, -0.1) is 11.3 Å². The summed E-state index contributed by atoms with van der Waals surface area (Å²) in [6, 6.07) is 3.71. The zero-order valence-electron chi connectivity index (χ0n) is 13.3. The number of pyridine rings is 1. The maximum absolute atomic E-state index is 10.6. The number of aryl methyl sites for hydroxylation is 1. The van der Waals surface area contributed by atoms with Crippen LogP contribution in [-0.2, 0) is 0 Å². The lowest BCUT2D eigenvalue weighted by atomic mass is 10.3. The van der Waals surface area contributed by atoms with E-state index in [4.69, 9.17) is 4.84 Å². The average molecular weight is 356 g/mol. The fourth-order valence-electron chi connectivity index (χ4n) is 1.95. The highest BCUT2D eigenvalue weighted by Gasteiger charge is 2.13. The van der Waals surface area contributed by atoms with E-state index in [2.05, 4.69) is 25.1 Å². The third kappa shape index (κ3) is 3.80. The van der Waals surface area contributed by atoms with Crippen molar-refractivity contribution in [2.24, 2.45) is 5.16 Å². The van der Waals surface area contributed by atoms with Crippen LogP contribution in [0, 0.1) is 17.0 Å². The van der Waals surface area contributed by atoms with Crippen LogP contribution in [0.25, 0.3) is 10.6 Å². The molecule has 126 valence electrons. The van der Waals surface area contributed by atoms with E-state index in [1.807, 2.05) is 19.1 Å². The Bertz CT molecular complexity index is 924. The Morgan fingerprint density at radius 2 is 2.08 bits per heavy atom. The molecule has 0 fully saturated rings. The predicted molar refractivity (Wildman–Crippen MR) is 91.6 cm³/mol. The molecule has 0 spiro atoms. The quantitative estimate of drug-likeness (QED) is 0.392. The summed E-state index contributed by atoms with van der Waals surface area (Å²) in [5, 5.41) is 15.4. The van der Waals surface area contributed by atoms with Crippen LogP contribution in [0.4, 0.5) is 5.69 Å². The van der Waals surface area contributed by atoms with E-state index in [9.17, 15) is 10.1 Å². The fraction of sp³-hybridized carbons (Fsp3) is 0.133. The Balaban J connectivity index is 1.78. The van der Waals surface area contributed by atoms with Gasteiger partial charge < -0.3 is 4.84 Å². The monoisotopic (exact) mass is 356 g/mol. The van der Waals surface area contributed by atoms with Crippen molar-refractivity contribution in [3.63, 3.8) is 0 Å². The summed E-state index contributed by atoms with van der Waals surface area (Å²) in [7, 11) is 0. The van der Waals surface area contributed by atoms with E-state index < -0.39 is 4.92 Å². The molecule has 0 atom stereocenters. The van der Waals surface area contributed by atoms with Gasteiger partial charge in [0.1, 0.15) is 17.4 Å². The summed E-state index contributed by atoms with van der Waals surface area (Å²) in [5.41, 5.74) is 2.13. The second kappa shape index (κ2) is 7.09. The molecule has 0 saturated carbocycles. The van der Waals surface area contributed by atoms with Crippen molar-refractivity contribution in [3.05, 3.63) is 57.6 Å². The predicted octanol–water partition coefficient (Wildman–Crippen LogP) is 3.01. The zero-order chi connectivity index (χ0) is 17.8. The van der Waals surface area contributed by atoms with Crippen LogP contribution in [0.1, 0.15) is 17.5 Å². The lowest BCUT2D eigenvalue weighted by Gasteiger charge is -1.98. The molecule has 0 bridgehead atoms. The highest BCUT2D eigenvalue weighted by molar-refractivity contribution is 7.17. The molecule has 0 unspecified atom stereocenters. The molecule has 0 saturated heterocycles. The second-order valence-electron chi connectivity index (χ2n) is 4.92. The highest BCUT2D eigenvalue weighted by Crippen LogP contribution is 2.27. The van der Waals surface area contributed by atoms with Gasteiger partial charge in [-0.3, -0.25) is 15.1 Å². The van der Waals surface area contributed by atoms with Gasteiger partial charge in [0.15, 0.2) is 0 Å². The summed E-state index contributed by atoms with van der Waals surface area (Å²) >= 11 is 1.47. The molecule has 0 aliphatic rings. The van der Waals surface area contributed by atoms with Crippen LogP contribution in [-0.4, -0.2) is 30.6 Å². The first kappa shape index (κ1) is 16.6. The van der Waals surface area contributed by atoms with Crippen LogP contribution in [0.2, 0.25) is 0 Å². The molecular formula is C15H12N6O3S. The topological polar surface area (TPSA) is 116 Å². The molecule has 25 heavy (non-hydrogen) atoms. The lowest BCUT2D eigenvalue weighted by Crippen LogP contribution is -2.00. The van der Waals surface area contributed by atoms with Crippen LogP contribution in [0.15, 0.2) is 42.1 Å². The minimum Gasteiger partial charge on any atom is -0.315 e. The van der Waals surface area contributed by atoms with Crippen molar-refractivity contribution in [1.29, 1.82) is 0 Å². The van der Waals surface area contributed by atoms with E-state index in [1.54, 1.807) is 19.3 Å². The van der Waals surface area contributed by atoms with Crippen molar-refractivity contribution in [2.45, 2.75) is 13.8 Å². The number of thiazole rings is 1. The Kier molecular flexibility index (Phi) is 4.70. The first-order valence-corrected chi connectivity index (χ1v) is 7.92. The molecule has 0 radical (unpaired) electrons. The standard InChI is InChI=1S/C15H12N6O3S/c1-9-13(25-14(19-9)11-4-3-5-16-6-11)10(2)20-24-15-17-7-12(8-18-15)21(22)23/h3-8H,1-2H3/b20-10+. The van der Waals surface area contributed by atoms with Crippen LogP contribution in [0.5, 0.6) is 6.01 Å². The molecule has 3 aromatic rings. The second-order valence-corrected chi connectivity index (χ2v) is 5.92. The van der Waals surface area contributed by atoms with Gasteiger partial charge >= 0.3 is 11.7 Å². The Hall–Kier alpha value is -3.27. The summed E-state index contributed by atoms with van der Waals surface area (Å²) in [5.74, 6) is 0. The zero-order valence-corrected chi connectivity index (χ0v) is 14.1. The SMILES string of the molecule is C/C(=N\Oc1ncc([N+](=O)[O-])cn1)c1sc(-c2cccnc2)nc1C. The minimum absolute atomic E-state index is 0.0698. The molecule has 3 rings (SSSR count). The average Bonchev–Trinajstić information content (AvgIpc) is 3.02. The first-order chi connectivity index (χ1) is 12.0. The molecule has 3 aromatic heterocycles. The number of hydrogen-bond donors (Lipinski definition) is 0. The summed E-state index contributed by atoms with van der Waals surface area (Å²) in [4.78, 5) is 32.1. The summed E-state index contributed by atoms with van der Waals surface area (Å²) < 4.78 is 0. The smallest absolute Gasteiger partial charge is 0.315 e. The van der Waals surface area contributed by atoms with E-state index in [0.717, 1.165) is 33.5 Å². The van der Waals surface area contributed by atoms with Crippen molar-refractivity contribution >= 4 is 22.7 Å². The Morgan fingerprint density at radius 1 is 1.32 bits per heavy atom. The van der Waals surface area contributed by atoms with Crippen molar-refractivity contribution in [2.75, 3.05) is 0 Å². The fourth-order valence-corrected chi connectivity index (χ4v) is 2.94. The van der Waals surface area contributed by atoms with E-state index >= 15 is 0 Å². The van der Waals surface area contributed by atoms with Gasteiger partial charge in [0.2, 0.25) is 0 Å². The van der Waals surface area contributed by atoms with Gasteiger partial charge in [-0.25, -0.2) is 4.98 Å². The lowest BCUT2D eigenvalue weighted by molar-refractivity contribution is -0.385. The number of oxime groups is 1. The van der Waals surface area contributed by atoms with Gasteiger partial charge in [0.25, 0.3) is 0 Å². The largest absolute Gasteiger partial charge is 0.346 e. The molecule has 0 N–H and O–H groups in total. The third-order valence-electron chi connectivity index (χ3n) is 3.12. The molecule has 10 heteroatoms. The molecule has 0 aliphatic heterocycles. The van der Waals surface area contributed by atoms with Gasteiger partial charge in [-0.05, 0) is 26.0 Å². The summed E-state index contributed by atoms with van der Waals surface area (Å²) in [6.07, 6.45) is 5.57. The molecule has 0 aliphatic carbocycles. The van der Waals surface area contributed by atoms with Crippen molar-refractivity contribution < 1.29 is 9.76 Å².